The zero-order valence-electron chi connectivity index (χ0n) is 11.4. The van der Waals surface area contributed by atoms with Gasteiger partial charge in [-0.25, -0.2) is 18.7 Å². The minimum absolute atomic E-state index is 0.376. The van der Waals surface area contributed by atoms with Crippen LogP contribution in [0.5, 0.6) is 0 Å². The third-order valence-electron chi connectivity index (χ3n) is 3.22. The molecule has 22 heavy (non-hydrogen) atoms. The number of anilines is 1. The van der Waals surface area contributed by atoms with Gasteiger partial charge in [0.05, 0.1) is 5.52 Å². The molecular formula is C16H12ClF2N3. The Kier molecular flexibility index (Phi) is 4.15. The number of halogens is 3. The van der Waals surface area contributed by atoms with Gasteiger partial charge in [-0.3, -0.25) is 0 Å². The summed E-state index contributed by atoms with van der Waals surface area (Å²) < 4.78 is 25.9. The number of nitrogens with one attached hydrogen (secondary N) is 1. The second kappa shape index (κ2) is 6.23. The summed E-state index contributed by atoms with van der Waals surface area (Å²) in [4.78, 5) is 7.81. The number of nitrogens with zero attached hydrogens (tertiary/aromatic N) is 2. The summed E-state index contributed by atoms with van der Waals surface area (Å²) in [7, 11) is 0. The van der Waals surface area contributed by atoms with Crippen LogP contribution in [-0.4, -0.2) is 9.97 Å². The van der Waals surface area contributed by atoms with E-state index in [1.807, 2.05) is 24.3 Å². The Labute approximate surface area is 131 Å². The highest BCUT2D eigenvalue weighted by atomic mass is 35.5. The molecule has 6 heteroatoms. The largest absolute Gasteiger partial charge is 0.365 e. The molecule has 0 saturated carbocycles. The number of hydrogen-bond acceptors (Lipinski definition) is 3. The monoisotopic (exact) mass is 319 g/mol. The molecule has 0 aliphatic carbocycles. The lowest BCUT2D eigenvalue weighted by Gasteiger charge is -2.11. The second-order valence-corrected chi connectivity index (χ2v) is 5.10. The molecule has 3 rings (SSSR count). The fourth-order valence-electron chi connectivity index (χ4n) is 2.15. The third-order valence-corrected chi connectivity index (χ3v) is 3.59. The fraction of sp³-hybridized carbons (Fsp3) is 0.125. The quantitative estimate of drug-likeness (QED) is 0.748. The van der Waals surface area contributed by atoms with Crippen LogP contribution < -0.4 is 5.32 Å². The molecule has 3 aromatic rings. The summed E-state index contributed by atoms with van der Waals surface area (Å²) in [6.45, 7) is 0.392. The molecule has 3 nitrogen and oxygen atoms in total. The first-order valence-corrected chi connectivity index (χ1v) is 7.05. The molecule has 1 aromatic heterocycles. The average Bonchev–Trinajstić information content (AvgIpc) is 2.53. The van der Waals surface area contributed by atoms with Crippen molar-refractivity contribution >= 4 is 28.3 Å². The first-order chi connectivity index (χ1) is 10.6. The van der Waals surface area contributed by atoms with Gasteiger partial charge < -0.3 is 5.32 Å². The molecule has 2 aromatic carbocycles. The van der Waals surface area contributed by atoms with Crippen molar-refractivity contribution in [3.63, 3.8) is 0 Å². The van der Waals surface area contributed by atoms with E-state index in [0.29, 0.717) is 28.3 Å². The lowest BCUT2D eigenvalue weighted by Crippen LogP contribution is -2.06. The first-order valence-electron chi connectivity index (χ1n) is 6.67. The molecule has 1 heterocycles. The van der Waals surface area contributed by atoms with Crippen LogP contribution in [0.2, 0.25) is 5.02 Å². The SMILES string of the molecule is FC(F)c1nc(NCc2ccccc2Cl)c2ccccc2n1. The van der Waals surface area contributed by atoms with Gasteiger partial charge in [-0.15, -0.1) is 0 Å². The van der Waals surface area contributed by atoms with Gasteiger partial charge in [0, 0.05) is 17.0 Å². The summed E-state index contributed by atoms with van der Waals surface area (Å²) in [5, 5.41) is 4.38. The molecular weight excluding hydrogens is 308 g/mol. The molecule has 112 valence electrons. The van der Waals surface area contributed by atoms with Crippen LogP contribution in [0.3, 0.4) is 0 Å². The summed E-state index contributed by atoms with van der Waals surface area (Å²) in [6, 6.07) is 14.4. The van der Waals surface area contributed by atoms with Crippen LogP contribution in [0.15, 0.2) is 48.5 Å². The van der Waals surface area contributed by atoms with Gasteiger partial charge in [0.2, 0.25) is 0 Å². The van der Waals surface area contributed by atoms with E-state index in [-0.39, 0.29) is 0 Å². The first kappa shape index (κ1) is 14.7. The maximum absolute atomic E-state index is 12.9. The Bertz CT molecular complexity index is 808. The molecule has 0 atom stereocenters. The van der Waals surface area contributed by atoms with E-state index in [2.05, 4.69) is 15.3 Å². The predicted molar refractivity (Wildman–Crippen MR) is 83.3 cm³/mol. The Morgan fingerprint density at radius 1 is 1.00 bits per heavy atom. The fourth-order valence-corrected chi connectivity index (χ4v) is 2.35. The second-order valence-electron chi connectivity index (χ2n) is 4.69. The van der Waals surface area contributed by atoms with Crippen molar-refractivity contribution in [1.29, 1.82) is 0 Å². The van der Waals surface area contributed by atoms with Gasteiger partial charge in [0.1, 0.15) is 5.82 Å². The molecule has 0 aliphatic heterocycles. The van der Waals surface area contributed by atoms with E-state index < -0.39 is 12.2 Å². The molecule has 0 aliphatic rings. The molecule has 0 fully saturated rings. The maximum Gasteiger partial charge on any atom is 0.297 e. The Hall–Kier alpha value is -2.27. The van der Waals surface area contributed by atoms with Crippen molar-refractivity contribution in [2.24, 2.45) is 0 Å². The molecule has 1 N–H and O–H groups in total. The van der Waals surface area contributed by atoms with Crippen molar-refractivity contribution in [3.8, 4) is 0 Å². The van der Waals surface area contributed by atoms with Crippen LogP contribution in [0, 0.1) is 0 Å². The van der Waals surface area contributed by atoms with Crippen LogP contribution in [0.1, 0.15) is 17.8 Å². The molecule has 0 unspecified atom stereocenters. The number of hydrogen-bond donors (Lipinski definition) is 1. The number of para-hydroxylation sites is 1. The van der Waals surface area contributed by atoms with Crippen LogP contribution in [0.4, 0.5) is 14.6 Å². The third kappa shape index (κ3) is 2.99. The van der Waals surface area contributed by atoms with Gasteiger partial charge in [0.25, 0.3) is 6.43 Å². The lowest BCUT2D eigenvalue weighted by atomic mass is 10.2. The minimum Gasteiger partial charge on any atom is -0.365 e. The van der Waals surface area contributed by atoms with Gasteiger partial charge in [-0.1, -0.05) is 41.9 Å². The van der Waals surface area contributed by atoms with E-state index >= 15 is 0 Å². The highest BCUT2D eigenvalue weighted by Crippen LogP contribution is 2.25. The van der Waals surface area contributed by atoms with Gasteiger partial charge >= 0.3 is 0 Å². The molecule has 0 saturated heterocycles. The van der Waals surface area contributed by atoms with Crippen molar-refractivity contribution in [1.82, 2.24) is 9.97 Å². The zero-order valence-corrected chi connectivity index (χ0v) is 12.2. The number of alkyl halides is 2. The average molecular weight is 320 g/mol. The highest BCUT2D eigenvalue weighted by Gasteiger charge is 2.15. The maximum atomic E-state index is 12.9. The Morgan fingerprint density at radius 2 is 1.73 bits per heavy atom. The van der Waals surface area contributed by atoms with Crippen LogP contribution in [-0.2, 0) is 6.54 Å². The van der Waals surface area contributed by atoms with E-state index in [4.69, 9.17) is 11.6 Å². The van der Waals surface area contributed by atoms with Crippen LogP contribution >= 0.6 is 11.6 Å². The number of fused-ring (bicyclic) bond motifs is 1. The summed E-state index contributed by atoms with van der Waals surface area (Å²) >= 11 is 6.10. The van der Waals surface area contributed by atoms with E-state index in [1.165, 1.54) is 0 Å². The van der Waals surface area contributed by atoms with Crippen molar-refractivity contribution in [3.05, 3.63) is 64.9 Å². The van der Waals surface area contributed by atoms with E-state index in [0.717, 1.165) is 5.56 Å². The summed E-state index contributed by atoms with van der Waals surface area (Å²) in [6.07, 6.45) is -2.72. The van der Waals surface area contributed by atoms with Crippen molar-refractivity contribution in [2.75, 3.05) is 5.32 Å². The molecule has 0 radical (unpaired) electrons. The lowest BCUT2D eigenvalue weighted by molar-refractivity contribution is 0.141. The highest BCUT2D eigenvalue weighted by molar-refractivity contribution is 6.31. The summed E-state index contributed by atoms with van der Waals surface area (Å²) in [5.41, 5.74) is 1.35. The van der Waals surface area contributed by atoms with E-state index in [9.17, 15) is 8.78 Å². The van der Waals surface area contributed by atoms with E-state index in [1.54, 1.807) is 24.3 Å². The number of rotatable bonds is 4. The predicted octanol–water partition coefficient (Wildman–Crippen LogP) is 4.83. The summed E-state index contributed by atoms with van der Waals surface area (Å²) in [5.74, 6) is -0.110. The topological polar surface area (TPSA) is 37.8 Å². The van der Waals surface area contributed by atoms with Gasteiger partial charge in [-0.05, 0) is 23.8 Å². The molecule has 0 bridgehead atoms. The Balaban J connectivity index is 1.97. The normalized spacial score (nSPS) is 11.1. The minimum atomic E-state index is -2.72. The van der Waals surface area contributed by atoms with Crippen molar-refractivity contribution in [2.45, 2.75) is 13.0 Å². The zero-order chi connectivity index (χ0) is 15.5. The van der Waals surface area contributed by atoms with Gasteiger partial charge in [0.15, 0.2) is 5.82 Å². The number of benzene rings is 2. The number of aromatic nitrogens is 2. The van der Waals surface area contributed by atoms with Gasteiger partial charge in [-0.2, -0.15) is 0 Å². The van der Waals surface area contributed by atoms with Crippen LogP contribution in [0.25, 0.3) is 10.9 Å². The standard InChI is InChI=1S/C16H12ClF2N3/c17-12-7-3-1-5-10(12)9-20-15-11-6-2-4-8-13(11)21-16(22-15)14(18)19/h1-8,14H,9H2,(H,20,21,22). The molecule has 0 spiro atoms. The molecule has 0 amide bonds. The smallest absolute Gasteiger partial charge is 0.297 e. The Morgan fingerprint density at radius 3 is 2.50 bits per heavy atom. The van der Waals surface area contributed by atoms with Crippen molar-refractivity contribution < 1.29 is 8.78 Å².